The van der Waals surface area contributed by atoms with Gasteiger partial charge in [0.15, 0.2) is 0 Å². The van der Waals surface area contributed by atoms with Gasteiger partial charge < -0.3 is 4.90 Å². The van der Waals surface area contributed by atoms with Gasteiger partial charge in [0, 0.05) is 18.3 Å². The Hall–Kier alpha value is -0.980. The van der Waals surface area contributed by atoms with Crippen molar-refractivity contribution in [1.29, 1.82) is 0 Å². The third-order valence-corrected chi connectivity index (χ3v) is 3.96. The normalized spacial score (nSPS) is 11.0. The summed E-state index contributed by atoms with van der Waals surface area (Å²) in [4.78, 5) is 2.52. The van der Waals surface area contributed by atoms with Crippen LogP contribution in [0, 0.1) is 0 Å². The minimum atomic E-state index is 0.585. The molecule has 20 heavy (non-hydrogen) atoms. The van der Waals surface area contributed by atoms with E-state index in [1.54, 1.807) is 0 Å². The molecule has 0 unspecified atom stereocenters. The zero-order valence-electron chi connectivity index (χ0n) is 13.8. The standard InChI is InChI=1S/C19H33N/c1-4-5-6-7-8-9-10-14-17-20(18(2)3)19-15-12-11-13-16-19/h11-13,15-16,18H,4-10,14,17H2,1-3H3. The predicted molar refractivity (Wildman–Crippen MR) is 91.5 cm³/mol. The summed E-state index contributed by atoms with van der Waals surface area (Å²) in [5, 5.41) is 0. The summed E-state index contributed by atoms with van der Waals surface area (Å²) < 4.78 is 0. The summed E-state index contributed by atoms with van der Waals surface area (Å²) in [6.45, 7) is 8.05. The van der Waals surface area contributed by atoms with Crippen LogP contribution in [-0.2, 0) is 0 Å². The maximum Gasteiger partial charge on any atom is 0.0368 e. The van der Waals surface area contributed by atoms with Gasteiger partial charge in [0.2, 0.25) is 0 Å². The van der Waals surface area contributed by atoms with Crippen LogP contribution in [0.2, 0.25) is 0 Å². The fourth-order valence-electron chi connectivity index (χ4n) is 2.72. The van der Waals surface area contributed by atoms with E-state index in [0.717, 1.165) is 0 Å². The van der Waals surface area contributed by atoms with E-state index < -0.39 is 0 Å². The van der Waals surface area contributed by atoms with Crippen LogP contribution in [0.5, 0.6) is 0 Å². The highest BCUT2D eigenvalue weighted by Crippen LogP contribution is 2.18. The van der Waals surface area contributed by atoms with Crippen molar-refractivity contribution in [2.45, 2.75) is 78.2 Å². The first-order valence-corrected chi connectivity index (χ1v) is 8.57. The Balaban J connectivity index is 2.18. The lowest BCUT2D eigenvalue weighted by atomic mass is 10.1. The van der Waals surface area contributed by atoms with Crippen molar-refractivity contribution in [3.8, 4) is 0 Å². The van der Waals surface area contributed by atoms with Gasteiger partial charge in [-0.1, -0.05) is 70.1 Å². The Bertz CT molecular complexity index is 318. The van der Waals surface area contributed by atoms with Crippen LogP contribution in [-0.4, -0.2) is 12.6 Å². The van der Waals surface area contributed by atoms with Crippen molar-refractivity contribution < 1.29 is 0 Å². The van der Waals surface area contributed by atoms with Gasteiger partial charge in [-0.25, -0.2) is 0 Å². The number of benzene rings is 1. The molecule has 0 saturated heterocycles. The fourth-order valence-corrected chi connectivity index (χ4v) is 2.72. The molecule has 0 spiro atoms. The minimum Gasteiger partial charge on any atom is -0.369 e. The zero-order valence-corrected chi connectivity index (χ0v) is 13.8. The number of unbranched alkanes of at least 4 members (excludes halogenated alkanes) is 7. The molecule has 0 fully saturated rings. The van der Waals surface area contributed by atoms with E-state index in [2.05, 4.69) is 56.0 Å². The Labute approximate surface area is 126 Å². The summed E-state index contributed by atoms with van der Waals surface area (Å²) >= 11 is 0. The molecule has 1 aromatic rings. The lowest BCUT2D eigenvalue weighted by Gasteiger charge is -2.29. The second-order valence-electron chi connectivity index (χ2n) is 6.10. The average Bonchev–Trinajstić information content (AvgIpc) is 2.46. The summed E-state index contributed by atoms with van der Waals surface area (Å²) in [7, 11) is 0. The molecule has 1 aromatic carbocycles. The maximum atomic E-state index is 2.52. The quantitative estimate of drug-likeness (QED) is 0.445. The van der Waals surface area contributed by atoms with E-state index >= 15 is 0 Å². The number of hydrogen-bond donors (Lipinski definition) is 0. The van der Waals surface area contributed by atoms with Crippen molar-refractivity contribution in [3.63, 3.8) is 0 Å². The number of nitrogens with zero attached hydrogens (tertiary/aromatic N) is 1. The van der Waals surface area contributed by atoms with Crippen molar-refractivity contribution >= 4 is 5.69 Å². The largest absolute Gasteiger partial charge is 0.369 e. The molecule has 0 amide bonds. The van der Waals surface area contributed by atoms with E-state index in [-0.39, 0.29) is 0 Å². The Morgan fingerprint density at radius 1 is 0.800 bits per heavy atom. The summed E-state index contributed by atoms with van der Waals surface area (Å²) in [6, 6.07) is 11.4. The molecule has 0 atom stereocenters. The molecule has 1 heteroatoms. The van der Waals surface area contributed by atoms with Gasteiger partial charge in [0.1, 0.15) is 0 Å². The van der Waals surface area contributed by atoms with E-state index in [1.165, 1.54) is 63.6 Å². The van der Waals surface area contributed by atoms with Gasteiger partial charge in [0.05, 0.1) is 0 Å². The van der Waals surface area contributed by atoms with Crippen LogP contribution in [0.4, 0.5) is 5.69 Å². The van der Waals surface area contributed by atoms with E-state index in [4.69, 9.17) is 0 Å². The molecular formula is C19H33N. The predicted octanol–water partition coefficient (Wildman–Crippen LogP) is 6.04. The number of hydrogen-bond acceptors (Lipinski definition) is 1. The maximum absolute atomic E-state index is 2.52. The van der Waals surface area contributed by atoms with E-state index in [0.29, 0.717) is 6.04 Å². The minimum absolute atomic E-state index is 0.585. The van der Waals surface area contributed by atoms with Gasteiger partial charge in [0.25, 0.3) is 0 Å². The van der Waals surface area contributed by atoms with Gasteiger partial charge in [-0.15, -0.1) is 0 Å². The van der Waals surface area contributed by atoms with Crippen LogP contribution in [0.1, 0.15) is 72.1 Å². The lowest BCUT2D eigenvalue weighted by molar-refractivity contribution is 0.562. The lowest BCUT2D eigenvalue weighted by Crippen LogP contribution is -2.31. The topological polar surface area (TPSA) is 3.24 Å². The molecule has 0 bridgehead atoms. The van der Waals surface area contributed by atoms with Gasteiger partial charge in [-0.2, -0.15) is 0 Å². The molecule has 0 radical (unpaired) electrons. The highest BCUT2D eigenvalue weighted by atomic mass is 15.1. The smallest absolute Gasteiger partial charge is 0.0368 e. The van der Waals surface area contributed by atoms with E-state index in [9.17, 15) is 0 Å². The third-order valence-electron chi connectivity index (χ3n) is 3.96. The Morgan fingerprint density at radius 3 is 1.90 bits per heavy atom. The molecule has 1 rings (SSSR count). The first-order valence-electron chi connectivity index (χ1n) is 8.57. The Kier molecular flexibility index (Phi) is 9.19. The van der Waals surface area contributed by atoms with Crippen molar-refractivity contribution in [2.24, 2.45) is 0 Å². The third kappa shape index (κ3) is 6.98. The molecule has 0 aliphatic carbocycles. The van der Waals surface area contributed by atoms with Gasteiger partial charge >= 0.3 is 0 Å². The highest BCUT2D eigenvalue weighted by Gasteiger charge is 2.09. The first-order chi connectivity index (χ1) is 9.75. The molecule has 1 nitrogen and oxygen atoms in total. The molecular weight excluding hydrogens is 242 g/mol. The van der Waals surface area contributed by atoms with Crippen molar-refractivity contribution in [3.05, 3.63) is 30.3 Å². The van der Waals surface area contributed by atoms with Crippen LogP contribution in [0.15, 0.2) is 30.3 Å². The van der Waals surface area contributed by atoms with Gasteiger partial charge in [-0.3, -0.25) is 0 Å². The number of anilines is 1. The molecule has 0 N–H and O–H groups in total. The number of para-hydroxylation sites is 1. The number of rotatable bonds is 11. The zero-order chi connectivity index (χ0) is 14.6. The SMILES string of the molecule is CCCCCCCCCCN(c1ccccc1)C(C)C. The van der Waals surface area contributed by atoms with Crippen LogP contribution in [0.3, 0.4) is 0 Å². The average molecular weight is 275 g/mol. The Morgan fingerprint density at radius 2 is 1.35 bits per heavy atom. The molecule has 0 saturated carbocycles. The van der Waals surface area contributed by atoms with Crippen LogP contribution in [0.25, 0.3) is 0 Å². The van der Waals surface area contributed by atoms with Crippen LogP contribution < -0.4 is 4.90 Å². The summed E-state index contributed by atoms with van der Waals surface area (Å²) in [6.07, 6.45) is 11.1. The molecule has 0 heterocycles. The summed E-state index contributed by atoms with van der Waals surface area (Å²) in [5.41, 5.74) is 1.37. The van der Waals surface area contributed by atoms with Crippen molar-refractivity contribution in [2.75, 3.05) is 11.4 Å². The van der Waals surface area contributed by atoms with Crippen molar-refractivity contribution in [1.82, 2.24) is 0 Å². The van der Waals surface area contributed by atoms with Crippen LogP contribution >= 0.6 is 0 Å². The summed E-state index contributed by atoms with van der Waals surface area (Å²) in [5.74, 6) is 0. The fraction of sp³-hybridized carbons (Fsp3) is 0.684. The molecule has 0 aromatic heterocycles. The van der Waals surface area contributed by atoms with Gasteiger partial charge in [-0.05, 0) is 32.4 Å². The highest BCUT2D eigenvalue weighted by molar-refractivity contribution is 5.46. The second-order valence-corrected chi connectivity index (χ2v) is 6.10. The van der Waals surface area contributed by atoms with E-state index in [1.807, 2.05) is 0 Å². The first kappa shape index (κ1) is 17.1. The molecule has 0 aliphatic rings. The second kappa shape index (κ2) is 10.8. The monoisotopic (exact) mass is 275 g/mol. The molecule has 0 aliphatic heterocycles. The molecule has 114 valence electrons.